The normalized spacial score (nSPS) is 24.4. The van der Waals surface area contributed by atoms with E-state index in [-0.39, 0.29) is 0 Å². The molecular weight excluding hydrogens is 124 g/mol. The lowest BCUT2D eigenvalue weighted by atomic mass is 10.2. The minimum Gasteiger partial charge on any atom is -0.404 e. The minimum atomic E-state index is 0.892. The summed E-state index contributed by atoms with van der Waals surface area (Å²) >= 11 is 0. The second-order valence-corrected chi connectivity index (χ2v) is 2.00. The van der Waals surface area contributed by atoms with Crippen LogP contribution < -0.4 is 5.73 Å². The largest absolute Gasteiger partial charge is 0.404 e. The first-order valence-electron chi connectivity index (χ1n) is 3.15. The van der Waals surface area contributed by atoms with E-state index in [1.54, 1.807) is 6.20 Å². The van der Waals surface area contributed by atoms with Crippen LogP contribution in [0.1, 0.15) is 6.42 Å². The molecule has 0 aromatic heterocycles. The molecule has 1 aliphatic carbocycles. The zero-order chi connectivity index (χ0) is 7.40. The van der Waals surface area contributed by atoms with Crippen molar-refractivity contribution in [2.45, 2.75) is 6.42 Å². The van der Waals surface area contributed by atoms with Gasteiger partial charge in [-0.15, -0.1) is 0 Å². The zero-order valence-electron chi connectivity index (χ0n) is 5.75. The first kappa shape index (κ1) is 6.81. The number of nitrogens with zero attached hydrogens (tertiary/aromatic N) is 1. The van der Waals surface area contributed by atoms with E-state index in [1.165, 1.54) is 6.20 Å². The summed E-state index contributed by atoms with van der Waals surface area (Å²) in [4.78, 5) is 4.02. The maximum Gasteiger partial charge on any atom is 0.0675 e. The van der Waals surface area contributed by atoms with Crippen LogP contribution in [0.2, 0.25) is 0 Å². The Morgan fingerprint density at radius 2 is 2.50 bits per heavy atom. The highest BCUT2D eigenvalue weighted by atomic mass is 14.7. The van der Waals surface area contributed by atoms with E-state index < -0.39 is 0 Å². The van der Waals surface area contributed by atoms with Gasteiger partial charge in [0.2, 0.25) is 0 Å². The fourth-order valence-electron chi connectivity index (χ4n) is 0.887. The molecule has 0 spiro atoms. The fourth-order valence-corrected chi connectivity index (χ4v) is 0.887. The van der Waals surface area contributed by atoms with Crippen LogP contribution in [0.3, 0.4) is 0 Å². The highest BCUT2D eigenvalue weighted by molar-refractivity contribution is 6.10. The molecule has 0 saturated carbocycles. The lowest BCUT2D eigenvalue weighted by molar-refractivity contribution is 1.32. The topological polar surface area (TPSA) is 38.4 Å². The van der Waals surface area contributed by atoms with Crippen LogP contribution in [0.5, 0.6) is 0 Å². The molecule has 0 radical (unpaired) electrons. The molecule has 52 valence electrons. The van der Waals surface area contributed by atoms with Gasteiger partial charge in [0.15, 0.2) is 0 Å². The maximum absolute atomic E-state index is 5.34. The third-order valence-electron chi connectivity index (χ3n) is 1.37. The van der Waals surface area contributed by atoms with Crippen LogP contribution >= 0.6 is 0 Å². The van der Waals surface area contributed by atoms with Crippen molar-refractivity contribution in [2.75, 3.05) is 0 Å². The smallest absolute Gasteiger partial charge is 0.0675 e. The Hall–Kier alpha value is -1.31. The maximum atomic E-state index is 5.34. The molecular formula is C8H10N2. The first-order valence-corrected chi connectivity index (χ1v) is 3.15. The van der Waals surface area contributed by atoms with Crippen molar-refractivity contribution in [2.24, 2.45) is 10.7 Å². The van der Waals surface area contributed by atoms with E-state index in [9.17, 15) is 0 Å². The van der Waals surface area contributed by atoms with Crippen molar-refractivity contribution in [3.8, 4) is 0 Å². The Morgan fingerprint density at radius 3 is 3.10 bits per heavy atom. The Bertz CT molecular complexity index is 221. The number of allylic oxidation sites excluding steroid dienone is 3. The fraction of sp³-hybridized carbons (Fsp3) is 0.125. The highest BCUT2D eigenvalue weighted by Crippen LogP contribution is 2.12. The predicted octanol–water partition coefficient (Wildman–Crippen LogP) is 1.37. The summed E-state index contributed by atoms with van der Waals surface area (Å²) in [6.45, 7) is 3.50. The molecule has 10 heavy (non-hydrogen) atoms. The third-order valence-corrected chi connectivity index (χ3v) is 1.37. The van der Waals surface area contributed by atoms with Crippen molar-refractivity contribution in [3.63, 3.8) is 0 Å². The molecule has 2 N–H and O–H groups in total. The molecule has 1 aliphatic rings. The lowest BCUT2D eigenvalue weighted by Gasteiger charge is -1.93. The van der Waals surface area contributed by atoms with E-state index >= 15 is 0 Å². The van der Waals surface area contributed by atoms with Crippen molar-refractivity contribution in [1.82, 2.24) is 0 Å². The van der Waals surface area contributed by atoms with Gasteiger partial charge in [-0.1, -0.05) is 12.7 Å². The zero-order valence-corrected chi connectivity index (χ0v) is 5.75. The number of nitrogens with two attached hydrogens (primary N) is 1. The monoisotopic (exact) mass is 134 g/mol. The van der Waals surface area contributed by atoms with Crippen molar-refractivity contribution in [3.05, 3.63) is 36.7 Å². The summed E-state index contributed by atoms with van der Waals surface area (Å²) < 4.78 is 0. The Morgan fingerprint density at radius 1 is 1.70 bits per heavy atom. The third kappa shape index (κ3) is 1.16. The average Bonchev–Trinajstić information content (AvgIpc) is 2.36. The number of aliphatic imine (C=N–C) groups is 1. The van der Waals surface area contributed by atoms with Crippen LogP contribution in [-0.2, 0) is 0 Å². The van der Waals surface area contributed by atoms with Gasteiger partial charge in [-0.3, -0.25) is 4.99 Å². The Kier molecular flexibility index (Phi) is 2.05. The summed E-state index contributed by atoms with van der Waals surface area (Å²) in [5, 5.41) is 0. The van der Waals surface area contributed by atoms with Crippen LogP contribution in [0.25, 0.3) is 0 Å². The molecule has 0 aromatic rings. The predicted molar refractivity (Wildman–Crippen MR) is 43.7 cm³/mol. The molecule has 0 heterocycles. The molecule has 0 amide bonds. The standard InChI is InChI=1S/C8H10N2/c1-2-10-8-5-3-4-7(8)6-9/h2-3,5-6H,1,4,9H2/b7-6-,10-8-. The summed E-state index contributed by atoms with van der Waals surface area (Å²) in [5.74, 6) is 0. The van der Waals surface area contributed by atoms with Crippen LogP contribution in [0, 0.1) is 0 Å². The first-order chi connectivity index (χ1) is 4.88. The van der Waals surface area contributed by atoms with Gasteiger partial charge in [0.25, 0.3) is 0 Å². The molecule has 0 atom stereocenters. The van der Waals surface area contributed by atoms with Gasteiger partial charge in [0.1, 0.15) is 0 Å². The molecule has 1 rings (SSSR count). The number of hydrogen-bond acceptors (Lipinski definition) is 2. The second-order valence-electron chi connectivity index (χ2n) is 2.00. The van der Waals surface area contributed by atoms with Crippen LogP contribution in [0.15, 0.2) is 41.7 Å². The van der Waals surface area contributed by atoms with E-state index in [4.69, 9.17) is 5.73 Å². The molecule has 2 nitrogen and oxygen atoms in total. The van der Waals surface area contributed by atoms with E-state index in [0.717, 1.165) is 17.7 Å². The second kappa shape index (κ2) is 3.01. The Balaban J connectivity index is 2.86. The van der Waals surface area contributed by atoms with E-state index in [1.807, 2.05) is 12.2 Å². The van der Waals surface area contributed by atoms with Gasteiger partial charge in [0.05, 0.1) is 5.71 Å². The van der Waals surface area contributed by atoms with Gasteiger partial charge >= 0.3 is 0 Å². The summed E-state index contributed by atoms with van der Waals surface area (Å²) in [5.41, 5.74) is 7.33. The molecule has 0 aliphatic heterocycles. The summed E-state index contributed by atoms with van der Waals surface area (Å²) in [6, 6.07) is 0. The van der Waals surface area contributed by atoms with E-state index in [0.29, 0.717) is 0 Å². The van der Waals surface area contributed by atoms with Crippen molar-refractivity contribution in [1.29, 1.82) is 0 Å². The summed E-state index contributed by atoms with van der Waals surface area (Å²) in [7, 11) is 0. The van der Waals surface area contributed by atoms with Crippen molar-refractivity contribution < 1.29 is 0 Å². The molecule has 0 fully saturated rings. The quantitative estimate of drug-likeness (QED) is 0.578. The molecule has 0 bridgehead atoms. The minimum absolute atomic E-state index is 0.892. The molecule has 0 saturated heterocycles. The average molecular weight is 134 g/mol. The SMILES string of the molecule is C=C/N=C1/C=CC/C1=C/N. The lowest BCUT2D eigenvalue weighted by Crippen LogP contribution is -1.95. The Labute approximate surface area is 60.5 Å². The number of hydrogen-bond donors (Lipinski definition) is 1. The van der Waals surface area contributed by atoms with Gasteiger partial charge < -0.3 is 5.73 Å². The van der Waals surface area contributed by atoms with Gasteiger partial charge in [0, 0.05) is 6.20 Å². The van der Waals surface area contributed by atoms with E-state index in [2.05, 4.69) is 11.6 Å². The van der Waals surface area contributed by atoms with Gasteiger partial charge in [-0.25, -0.2) is 0 Å². The van der Waals surface area contributed by atoms with Crippen LogP contribution in [0.4, 0.5) is 0 Å². The van der Waals surface area contributed by atoms with Gasteiger partial charge in [-0.2, -0.15) is 0 Å². The molecule has 0 unspecified atom stereocenters. The van der Waals surface area contributed by atoms with Crippen LogP contribution in [-0.4, -0.2) is 5.71 Å². The molecule has 0 aromatic carbocycles. The van der Waals surface area contributed by atoms with Crippen molar-refractivity contribution >= 4 is 5.71 Å². The molecule has 2 heteroatoms. The number of rotatable bonds is 1. The van der Waals surface area contributed by atoms with Gasteiger partial charge in [-0.05, 0) is 24.3 Å². The summed E-state index contributed by atoms with van der Waals surface area (Å²) in [6.07, 6.45) is 7.97. The highest BCUT2D eigenvalue weighted by Gasteiger charge is 2.06.